The minimum absolute atomic E-state index is 0.0446. The highest BCUT2D eigenvalue weighted by Gasteiger charge is 2.23. The molecule has 0 aliphatic heterocycles. The SMILES string of the molecule is CC(C)C(=O)Oc1ccc(CO)cc1[C@H](CCN(C(C)C)C(C)C)c1ccccc1.O=S(=O)(O)O. The molecule has 2 aromatic rings. The van der Waals surface area contributed by atoms with Gasteiger partial charge in [-0.05, 0) is 63.9 Å². The Labute approximate surface area is 209 Å². The smallest absolute Gasteiger partial charge is 0.394 e. The van der Waals surface area contributed by atoms with Crippen LogP contribution >= 0.6 is 0 Å². The van der Waals surface area contributed by atoms with Crippen molar-refractivity contribution < 1.29 is 32.2 Å². The molecule has 0 aliphatic carbocycles. The van der Waals surface area contributed by atoms with Gasteiger partial charge in [0, 0.05) is 23.6 Å². The molecule has 0 fully saturated rings. The van der Waals surface area contributed by atoms with Gasteiger partial charge in [-0.3, -0.25) is 18.8 Å². The normalized spacial score (nSPS) is 12.6. The predicted octanol–water partition coefficient (Wildman–Crippen LogP) is 4.73. The lowest BCUT2D eigenvalue weighted by molar-refractivity contribution is -0.137. The Morgan fingerprint density at radius 1 is 0.943 bits per heavy atom. The van der Waals surface area contributed by atoms with E-state index in [1.54, 1.807) is 0 Å². The number of hydrogen-bond donors (Lipinski definition) is 3. The van der Waals surface area contributed by atoms with Crippen LogP contribution in [0.1, 0.15) is 70.6 Å². The third-order valence-electron chi connectivity index (χ3n) is 5.52. The Kier molecular flexibility index (Phi) is 12.6. The molecule has 0 amide bonds. The van der Waals surface area contributed by atoms with E-state index < -0.39 is 10.4 Å². The second-order valence-corrected chi connectivity index (χ2v) is 10.1. The molecule has 0 saturated carbocycles. The van der Waals surface area contributed by atoms with Crippen molar-refractivity contribution in [2.45, 2.75) is 72.6 Å². The van der Waals surface area contributed by atoms with Gasteiger partial charge >= 0.3 is 16.4 Å². The monoisotopic (exact) mass is 509 g/mol. The summed E-state index contributed by atoms with van der Waals surface area (Å²) < 4.78 is 37.4. The summed E-state index contributed by atoms with van der Waals surface area (Å²) in [6.45, 7) is 13.4. The molecule has 0 saturated heterocycles. The summed E-state index contributed by atoms with van der Waals surface area (Å²) in [5.74, 6) is 0.196. The van der Waals surface area contributed by atoms with Gasteiger partial charge in [0.2, 0.25) is 0 Å². The van der Waals surface area contributed by atoms with Crippen LogP contribution in [0.2, 0.25) is 0 Å². The number of ether oxygens (including phenoxy) is 1. The third kappa shape index (κ3) is 11.3. The van der Waals surface area contributed by atoms with Crippen molar-refractivity contribution >= 4 is 16.4 Å². The van der Waals surface area contributed by atoms with Crippen LogP contribution in [0.5, 0.6) is 5.75 Å². The summed E-state index contributed by atoms with van der Waals surface area (Å²) in [5.41, 5.74) is 2.95. The second kappa shape index (κ2) is 14.3. The van der Waals surface area contributed by atoms with Crippen LogP contribution < -0.4 is 4.74 Å². The fourth-order valence-corrected chi connectivity index (χ4v) is 3.87. The van der Waals surface area contributed by atoms with Crippen molar-refractivity contribution in [1.29, 1.82) is 0 Å². The van der Waals surface area contributed by atoms with E-state index in [1.807, 2.05) is 50.2 Å². The zero-order valence-electron chi connectivity index (χ0n) is 21.4. The van der Waals surface area contributed by atoms with Gasteiger partial charge in [-0.15, -0.1) is 0 Å². The zero-order chi connectivity index (χ0) is 26.8. The summed E-state index contributed by atoms with van der Waals surface area (Å²) in [5, 5.41) is 9.72. The summed E-state index contributed by atoms with van der Waals surface area (Å²) in [6.07, 6.45) is 0.890. The average molecular weight is 510 g/mol. The van der Waals surface area contributed by atoms with Gasteiger partial charge in [0.05, 0.1) is 12.5 Å². The van der Waals surface area contributed by atoms with Crippen LogP contribution in [0.15, 0.2) is 48.5 Å². The van der Waals surface area contributed by atoms with E-state index in [0.29, 0.717) is 17.8 Å². The molecule has 0 heterocycles. The van der Waals surface area contributed by atoms with Gasteiger partial charge in [-0.1, -0.05) is 50.2 Å². The molecular formula is C26H39NO7S. The molecule has 2 rings (SSSR count). The highest BCUT2D eigenvalue weighted by atomic mass is 32.3. The lowest BCUT2D eigenvalue weighted by Gasteiger charge is -2.32. The maximum absolute atomic E-state index is 12.3. The number of carbonyl (C=O) groups excluding carboxylic acids is 1. The number of benzene rings is 2. The van der Waals surface area contributed by atoms with E-state index >= 15 is 0 Å². The first-order valence-corrected chi connectivity index (χ1v) is 13.1. The number of aliphatic hydroxyl groups excluding tert-OH is 1. The molecule has 1 atom stereocenters. The summed E-state index contributed by atoms with van der Waals surface area (Å²) in [7, 11) is -4.67. The van der Waals surface area contributed by atoms with Crippen molar-refractivity contribution in [3.8, 4) is 5.75 Å². The van der Waals surface area contributed by atoms with E-state index in [-0.39, 0.29) is 24.4 Å². The van der Waals surface area contributed by atoms with Crippen molar-refractivity contribution in [1.82, 2.24) is 4.90 Å². The number of carbonyl (C=O) groups is 1. The van der Waals surface area contributed by atoms with Crippen molar-refractivity contribution in [2.24, 2.45) is 5.92 Å². The van der Waals surface area contributed by atoms with E-state index in [9.17, 15) is 9.90 Å². The number of aliphatic hydroxyl groups is 1. The summed E-state index contributed by atoms with van der Waals surface area (Å²) in [6, 6.07) is 16.9. The van der Waals surface area contributed by atoms with Crippen LogP contribution in [0.4, 0.5) is 0 Å². The Morgan fingerprint density at radius 2 is 1.49 bits per heavy atom. The molecule has 0 aliphatic rings. The van der Waals surface area contributed by atoms with Gasteiger partial charge in [-0.25, -0.2) is 0 Å². The van der Waals surface area contributed by atoms with Crippen LogP contribution in [-0.2, 0) is 21.8 Å². The maximum atomic E-state index is 12.3. The van der Waals surface area contributed by atoms with E-state index in [0.717, 1.165) is 24.1 Å². The van der Waals surface area contributed by atoms with Crippen LogP contribution in [0.3, 0.4) is 0 Å². The van der Waals surface area contributed by atoms with Crippen LogP contribution in [0.25, 0.3) is 0 Å². The molecule has 8 nitrogen and oxygen atoms in total. The molecule has 0 unspecified atom stereocenters. The van der Waals surface area contributed by atoms with Gasteiger partial charge in [0.15, 0.2) is 0 Å². The Morgan fingerprint density at radius 3 is 1.94 bits per heavy atom. The number of hydrogen-bond acceptors (Lipinski definition) is 6. The second-order valence-electron chi connectivity index (χ2n) is 9.23. The molecule has 35 heavy (non-hydrogen) atoms. The minimum Gasteiger partial charge on any atom is -0.426 e. The first kappa shape index (κ1) is 30.7. The van der Waals surface area contributed by atoms with E-state index in [1.165, 1.54) is 5.56 Å². The Bertz CT molecular complexity index is 1010. The third-order valence-corrected chi connectivity index (χ3v) is 5.52. The first-order valence-electron chi connectivity index (χ1n) is 11.7. The van der Waals surface area contributed by atoms with E-state index in [4.69, 9.17) is 22.3 Å². The highest BCUT2D eigenvalue weighted by molar-refractivity contribution is 7.79. The standard InChI is InChI=1S/C26H37NO3.H2O4S/c1-18(2)26(29)30-25-13-12-21(17-28)16-24(25)23(22-10-8-7-9-11-22)14-15-27(19(3)4)20(5)6;1-5(2,3)4/h7-13,16,18-20,23,28H,14-15,17H2,1-6H3;(H2,1,2,3,4)/t23-;/m1./s1. The zero-order valence-corrected chi connectivity index (χ0v) is 22.2. The molecule has 9 heteroatoms. The van der Waals surface area contributed by atoms with Crippen molar-refractivity contribution in [3.63, 3.8) is 0 Å². The van der Waals surface area contributed by atoms with Crippen LogP contribution in [0, 0.1) is 5.92 Å². The van der Waals surface area contributed by atoms with Gasteiger partial charge in [0.25, 0.3) is 0 Å². The summed E-state index contributed by atoms with van der Waals surface area (Å²) in [4.78, 5) is 14.8. The molecule has 0 bridgehead atoms. The fraction of sp³-hybridized carbons (Fsp3) is 0.500. The maximum Gasteiger partial charge on any atom is 0.394 e. The van der Waals surface area contributed by atoms with Gasteiger partial charge < -0.3 is 9.84 Å². The van der Waals surface area contributed by atoms with Crippen molar-refractivity contribution in [2.75, 3.05) is 6.54 Å². The molecule has 0 aromatic heterocycles. The minimum atomic E-state index is -4.67. The number of esters is 1. The topological polar surface area (TPSA) is 124 Å². The Balaban J connectivity index is 0.00000111. The highest BCUT2D eigenvalue weighted by Crippen LogP contribution is 2.36. The Hall–Kier alpha value is -2.30. The summed E-state index contributed by atoms with van der Waals surface area (Å²) >= 11 is 0. The van der Waals surface area contributed by atoms with E-state index in [2.05, 4.69) is 44.7 Å². The first-order chi connectivity index (χ1) is 16.2. The predicted molar refractivity (Wildman–Crippen MR) is 137 cm³/mol. The van der Waals surface area contributed by atoms with Gasteiger partial charge in [-0.2, -0.15) is 8.42 Å². The molecule has 196 valence electrons. The number of rotatable bonds is 10. The molecular weight excluding hydrogens is 470 g/mol. The molecule has 2 aromatic carbocycles. The fourth-order valence-electron chi connectivity index (χ4n) is 3.87. The molecule has 0 radical (unpaired) electrons. The van der Waals surface area contributed by atoms with Crippen molar-refractivity contribution in [3.05, 3.63) is 65.2 Å². The molecule has 0 spiro atoms. The largest absolute Gasteiger partial charge is 0.426 e. The lowest BCUT2D eigenvalue weighted by Crippen LogP contribution is -2.38. The quantitative estimate of drug-likeness (QED) is 0.239. The van der Waals surface area contributed by atoms with Gasteiger partial charge in [0.1, 0.15) is 5.75 Å². The average Bonchev–Trinajstić information content (AvgIpc) is 2.76. The lowest BCUT2D eigenvalue weighted by atomic mass is 9.86. The van der Waals surface area contributed by atoms with Crippen LogP contribution in [-0.4, -0.2) is 52.1 Å². The number of nitrogens with zero attached hydrogens (tertiary/aromatic N) is 1. The molecule has 3 N–H and O–H groups in total.